The van der Waals surface area contributed by atoms with Crippen LogP contribution in [0.25, 0.3) is 0 Å². The summed E-state index contributed by atoms with van der Waals surface area (Å²) in [5.41, 5.74) is 0.669. The number of anilines is 2. The minimum Gasteiger partial charge on any atom is -0.323 e. The van der Waals surface area contributed by atoms with Gasteiger partial charge in [0, 0.05) is 26.2 Å². The number of nitrogens with zero attached hydrogens (tertiary/aromatic N) is 3. The zero-order valence-corrected chi connectivity index (χ0v) is 13.9. The van der Waals surface area contributed by atoms with Crippen molar-refractivity contribution in [1.82, 2.24) is 25.6 Å². The number of hydrogen-bond acceptors (Lipinski definition) is 6. The highest BCUT2D eigenvalue weighted by molar-refractivity contribution is 6.33. The highest BCUT2D eigenvalue weighted by Gasteiger charge is 2.05. The number of rotatable bonds is 2. The summed E-state index contributed by atoms with van der Waals surface area (Å²) in [6.07, 6.45) is 0. The lowest BCUT2D eigenvalue weighted by Gasteiger charge is -2.11. The molecule has 22 heavy (non-hydrogen) atoms. The lowest BCUT2D eigenvalue weighted by atomic mass is 10.3. The zero-order chi connectivity index (χ0) is 15.8. The summed E-state index contributed by atoms with van der Waals surface area (Å²) < 4.78 is 0. The molecule has 0 saturated carbocycles. The van der Waals surface area contributed by atoms with Gasteiger partial charge in [0.1, 0.15) is 0 Å². The molecule has 0 unspecified atom stereocenters. The van der Waals surface area contributed by atoms with Crippen molar-refractivity contribution in [2.45, 2.75) is 0 Å². The number of halogens is 3. The van der Waals surface area contributed by atoms with E-state index in [1.165, 1.54) is 0 Å². The highest BCUT2D eigenvalue weighted by atomic mass is 35.5. The van der Waals surface area contributed by atoms with Crippen LogP contribution in [0.2, 0.25) is 15.6 Å². The molecule has 0 amide bonds. The van der Waals surface area contributed by atoms with E-state index in [1.54, 1.807) is 12.1 Å². The molecule has 3 N–H and O–H groups in total. The fraction of sp³-hybridized carbons (Fsp3) is 0.308. The molecule has 0 radical (unpaired) electrons. The van der Waals surface area contributed by atoms with E-state index in [0.29, 0.717) is 10.7 Å². The van der Waals surface area contributed by atoms with Gasteiger partial charge in [-0.25, -0.2) is 0 Å². The van der Waals surface area contributed by atoms with Crippen LogP contribution >= 0.6 is 34.8 Å². The van der Waals surface area contributed by atoms with E-state index in [2.05, 4.69) is 30.9 Å². The van der Waals surface area contributed by atoms with E-state index in [4.69, 9.17) is 34.8 Å². The first-order chi connectivity index (χ1) is 10.6. The molecule has 3 rings (SSSR count). The van der Waals surface area contributed by atoms with E-state index in [0.717, 1.165) is 26.2 Å². The Morgan fingerprint density at radius 3 is 1.86 bits per heavy atom. The molecule has 0 bridgehead atoms. The molecule has 0 aliphatic carbocycles. The summed E-state index contributed by atoms with van der Waals surface area (Å²) in [6.45, 7) is 4.56. The zero-order valence-electron chi connectivity index (χ0n) is 11.6. The summed E-state index contributed by atoms with van der Waals surface area (Å²) in [4.78, 5) is 11.4. The van der Waals surface area contributed by atoms with Gasteiger partial charge in [0.15, 0.2) is 0 Å². The van der Waals surface area contributed by atoms with E-state index in [-0.39, 0.29) is 16.5 Å². The predicted molar refractivity (Wildman–Crippen MR) is 90.3 cm³/mol. The molecule has 2 heterocycles. The van der Waals surface area contributed by atoms with Crippen LogP contribution in [0.1, 0.15) is 0 Å². The van der Waals surface area contributed by atoms with Crippen molar-refractivity contribution < 1.29 is 0 Å². The van der Waals surface area contributed by atoms with Crippen molar-refractivity contribution in [2.75, 3.05) is 31.5 Å². The molecule has 1 fully saturated rings. The van der Waals surface area contributed by atoms with Crippen molar-refractivity contribution in [2.24, 2.45) is 0 Å². The average Bonchev–Trinajstić information content (AvgIpc) is 2.51. The second-order valence-corrected chi connectivity index (χ2v) is 5.39. The Labute approximate surface area is 143 Å². The fourth-order valence-corrected chi connectivity index (χ4v) is 2.21. The molecular weight excluding hydrogens is 347 g/mol. The lowest BCUT2D eigenvalue weighted by Crippen LogP contribution is -2.39. The first kappa shape index (κ1) is 17.2. The van der Waals surface area contributed by atoms with Crippen LogP contribution in [0.4, 0.5) is 11.6 Å². The van der Waals surface area contributed by atoms with Gasteiger partial charge in [0.2, 0.25) is 16.5 Å². The van der Waals surface area contributed by atoms with Gasteiger partial charge in [-0.05, 0) is 35.3 Å². The molecular formula is C13H15Cl3N6. The van der Waals surface area contributed by atoms with Gasteiger partial charge < -0.3 is 16.0 Å². The summed E-state index contributed by atoms with van der Waals surface area (Å²) in [7, 11) is 0. The minimum absolute atomic E-state index is 0.0227. The summed E-state index contributed by atoms with van der Waals surface area (Å²) in [6, 6.07) is 7.18. The molecule has 9 heteroatoms. The number of aromatic nitrogens is 3. The highest BCUT2D eigenvalue weighted by Crippen LogP contribution is 2.23. The third-order valence-corrected chi connectivity index (χ3v) is 3.33. The standard InChI is InChI=1S/C9H5Cl3N4.C4H10N2/c10-5-3-1-2-4-6(5)13-9-15-7(11)14-8(12)16-9;1-2-6-4-3-5-1/h1-4H,(H,13,14,15,16);5-6H,1-4H2. The average molecular weight is 362 g/mol. The number of para-hydroxylation sites is 1. The van der Waals surface area contributed by atoms with Crippen LogP contribution in [0, 0.1) is 0 Å². The van der Waals surface area contributed by atoms with Gasteiger partial charge in [-0.15, -0.1) is 0 Å². The van der Waals surface area contributed by atoms with Crippen LogP contribution in [0.5, 0.6) is 0 Å². The lowest BCUT2D eigenvalue weighted by molar-refractivity contribution is 0.534. The number of benzene rings is 1. The Morgan fingerprint density at radius 1 is 0.818 bits per heavy atom. The van der Waals surface area contributed by atoms with Gasteiger partial charge in [-0.1, -0.05) is 23.7 Å². The Balaban J connectivity index is 0.000000246. The van der Waals surface area contributed by atoms with Gasteiger partial charge in [-0.2, -0.15) is 15.0 Å². The molecule has 1 aliphatic rings. The normalized spacial score (nSPS) is 14.0. The smallest absolute Gasteiger partial charge is 0.232 e. The van der Waals surface area contributed by atoms with Crippen LogP contribution in [0.3, 0.4) is 0 Å². The third kappa shape index (κ3) is 5.90. The maximum Gasteiger partial charge on any atom is 0.232 e. The third-order valence-electron chi connectivity index (χ3n) is 2.66. The minimum atomic E-state index is 0.0227. The molecule has 118 valence electrons. The summed E-state index contributed by atoms with van der Waals surface area (Å²) in [5, 5.41) is 9.93. The molecule has 1 aromatic carbocycles. The topological polar surface area (TPSA) is 74.8 Å². The van der Waals surface area contributed by atoms with E-state index in [1.807, 2.05) is 12.1 Å². The van der Waals surface area contributed by atoms with Crippen molar-refractivity contribution in [3.63, 3.8) is 0 Å². The van der Waals surface area contributed by atoms with Crippen molar-refractivity contribution >= 4 is 46.4 Å². The first-order valence-corrected chi connectivity index (χ1v) is 7.78. The van der Waals surface area contributed by atoms with E-state index in [9.17, 15) is 0 Å². The Morgan fingerprint density at radius 2 is 1.36 bits per heavy atom. The number of piperazine rings is 1. The summed E-state index contributed by atoms with van der Waals surface area (Å²) in [5.74, 6) is 0.248. The molecule has 2 aromatic rings. The monoisotopic (exact) mass is 360 g/mol. The molecule has 1 aliphatic heterocycles. The van der Waals surface area contributed by atoms with Crippen molar-refractivity contribution in [1.29, 1.82) is 0 Å². The first-order valence-electron chi connectivity index (χ1n) is 6.65. The van der Waals surface area contributed by atoms with Gasteiger partial charge in [0.05, 0.1) is 10.7 Å². The molecule has 0 atom stereocenters. The van der Waals surface area contributed by atoms with Crippen molar-refractivity contribution in [3.8, 4) is 0 Å². The fourth-order valence-electron chi connectivity index (χ4n) is 1.67. The predicted octanol–water partition coefficient (Wildman–Crippen LogP) is 2.75. The second kappa shape index (κ2) is 9.07. The van der Waals surface area contributed by atoms with Gasteiger partial charge in [-0.3, -0.25) is 0 Å². The Bertz CT molecular complexity index is 574. The Hall–Kier alpha value is -1.18. The van der Waals surface area contributed by atoms with Crippen LogP contribution < -0.4 is 16.0 Å². The second-order valence-electron chi connectivity index (χ2n) is 4.30. The molecule has 1 saturated heterocycles. The Kier molecular flexibility index (Phi) is 7.08. The molecule has 0 spiro atoms. The maximum atomic E-state index is 5.95. The largest absolute Gasteiger partial charge is 0.323 e. The van der Waals surface area contributed by atoms with E-state index >= 15 is 0 Å². The van der Waals surface area contributed by atoms with Crippen LogP contribution in [-0.2, 0) is 0 Å². The number of nitrogens with one attached hydrogen (secondary N) is 3. The molecule has 6 nitrogen and oxygen atoms in total. The van der Waals surface area contributed by atoms with Gasteiger partial charge in [0.25, 0.3) is 0 Å². The van der Waals surface area contributed by atoms with Crippen LogP contribution in [0.15, 0.2) is 24.3 Å². The van der Waals surface area contributed by atoms with Gasteiger partial charge >= 0.3 is 0 Å². The van der Waals surface area contributed by atoms with E-state index < -0.39 is 0 Å². The number of hydrogen-bond donors (Lipinski definition) is 3. The maximum absolute atomic E-state index is 5.95. The van der Waals surface area contributed by atoms with Crippen molar-refractivity contribution in [3.05, 3.63) is 39.9 Å². The quantitative estimate of drug-likeness (QED) is 0.764. The molecule has 1 aromatic heterocycles. The summed E-state index contributed by atoms with van der Waals surface area (Å²) >= 11 is 17.2. The van der Waals surface area contributed by atoms with Crippen LogP contribution in [-0.4, -0.2) is 41.1 Å². The SMILES string of the molecule is C1CNCCN1.Clc1nc(Cl)nc(Nc2ccccc2Cl)n1.